The Morgan fingerprint density at radius 3 is 2.65 bits per heavy atom. The molecule has 106 valence electrons. The van der Waals surface area contributed by atoms with E-state index in [2.05, 4.69) is 15.2 Å². The predicted octanol–water partition coefficient (Wildman–Crippen LogP) is 2.59. The van der Waals surface area contributed by atoms with Crippen LogP contribution in [-0.4, -0.2) is 22.8 Å². The summed E-state index contributed by atoms with van der Waals surface area (Å²) in [6, 6.07) is 7.16. The summed E-state index contributed by atoms with van der Waals surface area (Å²) < 4.78 is 32.9. The van der Waals surface area contributed by atoms with Gasteiger partial charge in [-0.15, -0.1) is 0 Å². The number of aromatic nitrogens is 1. The molecule has 8 heteroatoms. The highest BCUT2D eigenvalue weighted by molar-refractivity contribution is 5.85. The fourth-order valence-corrected chi connectivity index (χ4v) is 1.44. The van der Waals surface area contributed by atoms with E-state index in [0.717, 1.165) is 0 Å². The molecule has 0 atom stereocenters. The van der Waals surface area contributed by atoms with Gasteiger partial charge in [0.15, 0.2) is 11.5 Å². The summed E-state index contributed by atoms with van der Waals surface area (Å²) in [5, 5.41) is 14.9. The molecule has 0 saturated carbocycles. The van der Waals surface area contributed by atoms with Gasteiger partial charge in [0.1, 0.15) is 5.75 Å². The molecule has 20 heavy (non-hydrogen) atoms. The fraction of sp³-hybridized carbons (Fsp3) is 0.167. The maximum atomic E-state index is 12.0. The number of carbonyl (C=O) groups is 1. The molecule has 0 aliphatic rings. The van der Waals surface area contributed by atoms with Gasteiger partial charge >= 0.3 is 12.6 Å². The molecule has 0 radical (unpaired) electrons. The minimum Gasteiger partial charge on any atom is -0.476 e. The molecule has 0 aliphatic heterocycles. The number of anilines is 1. The zero-order chi connectivity index (χ0) is 14.5. The predicted molar refractivity (Wildman–Crippen MR) is 63.9 cm³/mol. The van der Waals surface area contributed by atoms with Crippen LogP contribution in [0, 0.1) is 0 Å². The number of aromatic carboxylic acids is 1. The molecule has 0 spiro atoms. The van der Waals surface area contributed by atoms with Crippen LogP contribution >= 0.6 is 0 Å². The number of hydrogen-bond acceptors (Lipinski definition) is 5. The van der Waals surface area contributed by atoms with Crippen molar-refractivity contribution in [2.24, 2.45) is 0 Å². The molecule has 1 heterocycles. The van der Waals surface area contributed by atoms with Crippen molar-refractivity contribution in [1.82, 2.24) is 5.16 Å². The summed E-state index contributed by atoms with van der Waals surface area (Å²) in [7, 11) is 0. The topological polar surface area (TPSA) is 84.6 Å². The number of alkyl halides is 2. The van der Waals surface area contributed by atoms with Gasteiger partial charge < -0.3 is 19.7 Å². The molecule has 2 rings (SSSR count). The van der Waals surface area contributed by atoms with Crippen LogP contribution in [0.1, 0.15) is 16.2 Å². The Bertz CT molecular complexity index is 583. The number of carboxylic acids is 1. The summed E-state index contributed by atoms with van der Waals surface area (Å²) >= 11 is 0. The van der Waals surface area contributed by atoms with Gasteiger partial charge in [-0.05, 0) is 24.3 Å². The van der Waals surface area contributed by atoms with Crippen LogP contribution in [0.15, 0.2) is 34.9 Å². The molecule has 0 unspecified atom stereocenters. The molecule has 1 aromatic heterocycles. The van der Waals surface area contributed by atoms with Crippen LogP contribution in [0.2, 0.25) is 0 Å². The molecule has 6 nitrogen and oxygen atoms in total. The van der Waals surface area contributed by atoms with Crippen LogP contribution in [0.3, 0.4) is 0 Å². The second-order valence-corrected chi connectivity index (χ2v) is 3.74. The molecule has 0 saturated heterocycles. The van der Waals surface area contributed by atoms with Crippen LogP contribution < -0.4 is 10.1 Å². The monoisotopic (exact) mass is 284 g/mol. The number of nitrogens with zero attached hydrogens (tertiary/aromatic N) is 1. The molecule has 0 bridgehead atoms. The molecule has 0 amide bonds. The number of ether oxygens (including phenoxy) is 1. The minimum atomic E-state index is -2.86. The highest BCUT2D eigenvalue weighted by Gasteiger charge is 2.10. The van der Waals surface area contributed by atoms with Gasteiger partial charge in [-0.25, -0.2) is 4.79 Å². The molecule has 1 aromatic carbocycles. The van der Waals surface area contributed by atoms with Crippen molar-refractivity contribution in [2.45, 2.75) is 13.2 Å². The first-order valence-corrected chi connectivity index (χ1v) is 5.52. The van der Waals surface area contributed by atoms with Crippen molar-refractivity contribution >= 4 is 11.7 Å². The Balaban J connectivity index is 1.91. The SMILES string of the molecule is O=C(O)c1cc(CNc2ccc(OC(F)F)cc2)on1. The number of halogens is 2. The molecular formula is C12H10F2N2O4. The summed E-state index contributed by atoms with van der Waals surface area (Å²) in [5.74, 6) is -0.776. The number of hydrogen-bond donors (Lipinski definition) is 2. The third-order valence-electron chi connectivity index (χ3n) is 2.32. The lowest BCUT2D eigenvalue weighted by atomic mass is 10.3. The van der Waals surface area contributed by atoms with Crippen molar-refractivity contribution in [3.05, 3.63) is 41.8 Å². The Kier molecular flexibility index (Phi) is 4.14. The van der Waals surface area contributed by atoms with E-state index in [9.17, 15) is 13.6 Å². The van der Waals surface area contributed by atoms with E-state index >= 15 is 0 Å². The third kappa shape index (κ3) is 3.67. The van der Waals surface area contributed by atoms with Crippen LogP contribution in [0.25, 0.3) is 0 Å². The summed E-state index contributed by atoms with van der Waals surface area (Å²) in [4.78, 5) is 10.6. The van der Waals surface area contributed by atoms with E-state index in [1.807, 2.05) is 0 Å². The maximum absolute atomic E-state index is 12.0. The maximum Gasteiger partial charge on any atom is 0.387 e. The fourth-order valence-electron chi connectivity index (χ4n) is 1.44. The number of benzene rings is 1. The third-order valence-corrected chi connectivity index (χ3v) is 2.32. The smallest absolute Gasteiger partial charge is 0.387 e. The van der Waals surface area contributed by atoms with E-state index in [1.165, 1.54) is 18.2 Å². The second-order valence-electron chi connectivity index (χ2n) is 3.74. The lowest BCUT2D eigenvalue weighted by Gasteiger charge is -2.06. The molecule has 0 fully saturated rings. The van der Waals surface area contributed by atoms with Gasteiger partial charge in [-0.2, -0.15) is 8.78 Å². The summed E-state index contributed by atoms with van der Waals surface area (Å²) in [6.45, 7) is -2.65. The average Bonchev–Trinajstić information content (AvgIpc) is 2.86. The lowest BCUT2D eigenvalue weighted by molar-refractivity contribution is -0.0498. The second kappa shape index (κ2) is 6.00. The molecular weight excluding hydrogens is 274 g/mol. The Morgan fingerprint density at radius 2 is 2.10 bits per heavy atom. The van der Waals surface area contributed by atoms with Gasteiger partial charge in [0.05, 0.1) is 6.54 Å². The Labute approximate surface area is 111 Å². The Hall–Kier alpha value is -2.64. The number of nitrogens with one attached hydrogen (secondary N) is 1. The van der Waals surface area contributed by atoms with E-state index in [1.54, 1.807) is 12.1 Å². The van der Waals surface area contributed by atoms with E-state index in [-0.39, 0.29) is 18.0 Å². The van der Waals surface area contributed by atoms with Crippen molar-refractivity contribution in [3.63, 3.8) is 0 Å². The standard InChI is InChI=1S/C12H10F2N2O4/c13-12(14)19-8-3-1-7(2-4-8)15-6-9-5-10(11(17)18)16-20-9/h1-5,12,15H,6H2,(H,17,18). The first-order chi connectivity index (χ1) is 9.54. The van der Waals surface area contributed by atoms with Gasteiger partial charge in [-0.1, -0.05) is 5.16 Å². The van der Waals surface area contributed by atoms with Crippen molar-refractivity contribution in [3.8, 4) is 5.75 Å². The summed E-state index contributed by atoms with van der Waals surface area (Å²) in [6.07, 6.45) is 0. The van der Waals surface area contributed by atoms with Crippen LogP contribution in [-0.2, 0) is 6.54 Å². The van der Waals surface area contributed by atoms with E-state index in [0.29, 0.717) is 11.4 Å². The molecule has 2 aromatic rings. The lowest BCUT2D eigenvalue weighted by Crippen LogP contribution is -2.02. The van der Waals surface area contributed by atoms with E-state index in [4.69, 9.17) is 9.63 Å². The van der Waals surface area contributed by atoms with Crippen LogP contribution in [0.5, 0.6) is 5.75 Å². The highest BCUT2D eigenvalue weighted by Crippen LogP contribution is 2.18. The van der Waals surface area contributed by atoms with Gasteiger partial charge in [0.2, 0.25) is 0 Å². The molecule has 2 N–H and O–H groups in total. The number of carboxylic acid groups (broad SMARTS) is 1. The van der Waals surface area contributed by atoms with Gasteiger partial charge in [0.25, 0.3) is 0 Å². The molecule has 0 aliphatic carbocycles. The van der Waals surface area contributed by atoms with Crippen LogP contribution in [0.4, 0.5) is 14.5 Å². The van der Waals surface area contributed by atoms with Crippen molar-refractivity contribution in [2.75, 3.05) is 5.32 Å². The average molecular weight is 284 g/mol. The highest BCUT2D eigenvalue weighted by atomic mass is 19.3. The normalized spacial score (nSPS) is 10.6. The van der Waals surface area contributed by atoms with E-state index < -0.39 is 12.6 Å². The Morgan fingerprint density at radius 1 is 1.40 bits per heavy atom. The van der Waals surface area contributed by atoms with Gasteiger partial charge in [-0.3, -0.25) is 0 Å². The zero-order valence-corrected chi connectivity index (χ0v) is 10.0. The largest absolute Gasteiger partial charge is 0.476 e. The van der Waals surface area contributed by atoms with Gasteiger partial charge in [0, 0.05) is 11.8 Å². The van der Waals surface area contributed by atoms with Crippen molar-refractivity contribution in [1.29, 1.82) is 0 Å². The summed E-state index contributed by atoms with van der Waals surface area (Å²) in [5.41, 5.74) is 0.461. The first-order valence-electron chi connectivity index (χ1n) is 5.52. The van der Waals surface area contributed by atoms with Crippen molar-refractivity contribution < 1.29 is 27.9 Å². The zero-order valence-electron chi connectivity index (χ0n) is 10.0. The minimum absolute atomic E-state index is 0.0541. The quantitative estimate of drug-likeness (QED) is 0.848. The first kappa shape index (κ1) is 13.8. The number of rotatable bonds is 6.